The van der Waals surface area contributed by atoms with E-state index in [-0.39, 0.29) is 5.97 Å². The molecule has 2 saturated heterocycles. The van der Waals surface area contributed by atoms with Crippen molar-refractivity contribution >= 4 is 11.8 Å². The number of fused-ring (bicyclic) bond motifs is 1. The number of nitrogens with zero attached hydrogens (tertiary/aromatic N) is 3. The smallest absolute Gasteiger partial charge is 0.330 e. The molecule has 6 heteroatoms. The maximum absolute atomic E-state index is 11.2. The lowest BCUT2D eigenvalue weighted by Gasteiger charge is -2.39. The average molecular weight is 385 g/mol. The Morgan fingerprint density at radius 2 is 2.04 bits per heavy atom. The van der Waals surface area contributed by atoms with Gasteiger partial charge >= 0.3 is 5.97 Å². The maximum Gasteiger partial charge on any atom is 0.330 e. The summed E-state index contributed by atoms with van der Waals surface area (Å²) in [7, 11) is 1.42. The largest absolute Gasteiger partial charge is 0.466 e. The quantitative estimate of drug-likeness (QED) is 0.622. The van der Waals surface area contributed by atoms with Gasteiger partial charge in [-0.1, -0.05) is 12.1 Å². The highest BCUT2D eigenvalue weighted by Crippen LogP contribution is 2.40. The molecule has 2 fully saturated rings. The first-order valence-electron chi connectivity index (χ1n) is 10.6. The molecule has 0 saturated carbocycles. The second-order valence-corrected chi connectivity index (χ2v) is 8.53. The van der Waals surface area contributed by atoms with Crippen LogP contribution in [0.3, 0.4) is 0 Å². The molecular weight excluding hydrogens is 352 g/mol. The molecule has 3 aliphatic heterocycles. The van der Waals surface area contributed by atoms with Crippen LogP contribution in [0.5, 0.6) is 0 Å². The minimum absolute atomic E-state index is 0.270. The molecule has 0 unspecified atom stereocenters. The normalized spacial score (nSPS) is 22.3. The summed E-state index contributed by atoms with van der Waals surface area (Å²) in [6.45, 7) is 7.41. The maximum atomic E-state index is 11.2. The molecule has 1 spiro atoms. The number of nitrogens with one attached hydrogen (secondary N) is 1. The molecule has 0 amide bonds. The van der Waals surface area contributed by atoms with Crippen LogP contribution in [0.1, 0.15) is 36.9 Å². The topological polar surface area (TPSA) is 57.7 Å². The Hall–Kier alpha value is -1.92. The number of piperidine rings is 1. The lowest BCUT2D eigenvalue weighted by molar-refractivity contribution is -0.134. The summed E-state index contributed by atoms with van der Waals surface area (Å²) in [5.74, 6) is 0.830. The van der Waals surface area contributed by atoms with Crippen LogP contribution < -0.4 is 5.32 Å². The predicted octanol–water partition coefficient (Wildman–Crippen LogP) is 2.46. The van der Waals surface area contributed by atoms with Gasteiger partial charge in [0.2, 0.25) is 0 Å². The number of pyridine rings is 1. The standard InChI is InChI=1S/C22H32N4O2/c1-28-20(27)5-3-12-26-15-10-22(17-26)8-13-25(14-9-22)16-19-7-6-18-4-2-11-23-21(18)24-19/h3,5-7H,2,4,8-17H2,1H3,(H,23,24)/b5-3+. The molecule has 4 heterocycles. The lowest BCUT2D eigenvalue weighted by Crippen LogP contribution is -2.41. The minimum atomic E-state index is -0.270. The van der Waals surface area contributed by atoms with Crippen LogP contribution in [0.15, 0.2) is 24.3 Å². The van der Waals surface area contributed by atoms with E-state index in [1.807, 2.05) is 6.08 Å². The lowest BCUT2D eigenvalue weighted by atomic mass is 9.78. The Morgan fingerprint density at radius 1 is 1.25 bits per heavy atom. The first kappa shape index (κ1) is 19.4. The number of carbonyl (C=O) groups is 1. The Labute approximate surface area is 167 Å². The van der Waals surface area contributed by atoms with Gasteiger partial charge in [0.1, 0.15) is 5.82 Å². The van der Waals surface area contributed by atoms with E-state index in [9.17, 15) is 4.79 Å². The molecule has 0 atom stereocenters. The number of hydrogen-bond acceptors (Lipinski definition) is 6. The van der Waals surface area contributed by atoms with Crippen molar-refractivity contribution in [3.8, 4) is 0 Å². The van der Waals surface area contributed by atoms with Gasteiger partial charge in [-0.25, -0.2) is 9.78 Å². The van der Waals surface area contributed by atoms with Gasteiger partial charge in [0.05, 0.1) is 12.8 Å². The van der Waals surface area contributed by atoms with Crippen LogP contribution in [0.25, 0.3) is 0 Å². The molecule has 1 N–H and O–H groups in total. The highest BCUT2D eigenvalue weighted by atomic mass is 16.5. The summed E-state index contributed by atoms with van der Waals surface area (Å²) in [6.07, 6.45) is 9.60. The third kappa shape index (κ3) is 4.55. The van der Waals surface area contributed by atoms with Crippen LogP contribution in [0.2, 0.25) is 0 Å². The number of hydrogen-bond donors (Lipinski definition) is 1. The fraction of sp³-hybridized carbons (Fsp3) is 0.636. The fourth-order valence-electron chi connectivity index (χ4n) is 4.83. The van der Waals surface area contributed by atoms with E-state index in [4.69, 9.17) is 4.98 Å². The number of methoxy groups -OCH3 is 1. The number of ether oxygens (including phenoxy) is 1. The van der Waals surface area contributed by atoms with Crippen molar-refractivity contribution in [1.29, 1.82) is 0 Å². The number of aryl methyl sites for hydroxylation is 1. The molecule has 28 heavy (non-hydrogen) atoms. The van der Waals surface area contributed by atoms with Gasteiger partial charge < -0.3 is 10.1 Å². The molecule has 0 bridgehead atoms. The van der Waals surface area contributed by atoms with Gasteiger partial charge in [0, 0.05) is 32.3 Å². The van der Waals surface area contributed by atoms with Gasteiger partial charge in [-0.15, -0.1) is 0 Å². The van der Waals surface area contributed by atoms with E-state index in [1.54, 1.807) is 0 Å². The van der Waals surface area contributed by atoms with Gasteiger partial charge in [0.15, 0.2) is 0 Å². The van der Waals surface area contributed by atoms with E-state index in [0.717, 1.165) is 58.1 Å². The zero-order valence-corrected chi connectivity index (χ0v) is 17.0. The number of rotatable bonds is 5. The summed E-state index contributed by atoms with van der Waals surface area (Å²) >= 11 is 0. The summed E-state index contributed by atoms with van der Waals surface area (Å²) < 4.78 is 4.66. The second kappa shape index (κ2) is 8.62. The van der Waals surface area contributed by atoms with Gasteiger partial charge in [-0.3, -0.25) is 9.80 Å². The van der Waals surface area contributed by atoms with Crippen LogP contribution in [0.4, 0.5) is 5.82 Å². The zero-order chi connectivity index (χ0) is 19.4. The third-order valence-electron chi connectivity index (χ3n) is 6.59. The summed E-state index contributed by atoms with van der Waals surface area (Å²) in [5, 5.41) is 3.44. The van der Waals surface area contributed by atoms with E-state index in [2.05, 4.69) is 32.0 Å². The molecule has 0 aliphatic carbocycles. The molecule has 6 nitrogen and oxygen atoms in total. The van der Waals surface area contributed by atoms with Crippen LogP contribution in [0, 0.1) is 5.41 Å². The van der Waals surface area contributed by atoms with Crippen molar-refractivity contribution in [1.82, 2.24) is 14.8 Å². The Balaban J connectivity index is 1.26. The molecule has 3 aliphatic rings. The first-order valence-corrected chi connectivity index (χ1v) is 10.6. The van der Waals surface area contributed by atoms with E-state index in [1.165, 1.54) is 50.1 Å². The van der Waals surface area contributed by atoms with Crippen molar-refractivity contribution in [2.75, 3.05) is 51.7 Å². The monoisotopic (exact) mass is 384 g/mol. The number of likely N-dealkylation sites (tertiary alicyclic amines) is 2. The SMILES string of the molecule is COC(=O)/C=C/CN1CCC2(CCN(Cc3ccc4c(n3)NCCC4)CC2)C1. The van der Waals surface area contributed by atoms with E-state index >= 15 is 0 Å². The Bertz CT molecular complexity index is 725. The molecule has 152 valence electrons. The molecule has 4 rings (SSSR count). The second-order valence-electron chi connectivity index (χ2n) is 8.53. The zero-order valence-electron chi connectivity index (χ0n) is 17.0. The van der Waals surface area contributed by atoms with Crippen molar-refractivity contribution in [3.63, 3.8) is 0 Å². The summed E-state index contributed by atoms with van der Waals surface area (Å²) in [5.41, 5.74) is 3.01. The summed E-state index contributed by atoms with van der Waals surface area (Å²) in [4.78, 5) is 21.1. The Kier molecular flexibility index (Phi) is 5.97. The van der Waals surface area contributed by atoms with Crippen molar-refractivity contribution < 1.29 is 9.53 Å². The number of carbonyl (C=O) groups excluding carboxylic acids is 1. The highest BCUT2D eigenvalue weighted by Gasteiger charge is 2.40. The fourth-order valence-corrected chi connectivity index (χ4v) is 4.83. The van der Waals surface area contributed by atoms with Gasteiger partial charge in [-0.2, -0.15) is 0 Å². The minimum Gasteiger partial charge on any atom is -0.466 e. The van der Waals surface area contributed by atoms with Crippen LogP contribution in [-0.4, -0.2) is 67.1 Å². The molecule has 1 aromatic heterocycles. The van der Waals surface area contributed by atoms with E-state index in [0.29, 0.717) is 5.41 Å². The Morgan fingerprint density at radius 3 is 2.82 bits per heavy atom. The first-order chi connectivity index (χ1) is 13.7. The number of anilines is 1. The molecular formula is C22H32N4O2. The summed E-state index contributed by atoms with van der Waals surface area (Å²) in [6, 6.07) is 4.47. The average Bonchev–Trinajstić information content (AvgIpc) is 3.12. The van der Waals surface area contributed by atoms with Crippen molar-refractivity contribution in [3.05, 3.63) is 35.5 Å². The van der Waals surface area contributed by atoms with Gasteiger partial charge in [0.25, 0.3) is 0 Å². The number of esters is 1. The van der Waals surface area contributed by atoms with Crippen molar-refractivity contribution in [2.24, 2.45) is 5.41 Å². The van der Waals surface area contributed by atoms with Crippen molar-refractivity contribution in [2.45, 2.75) is 38.6 Å². The predicted molar refractivity (Wildman–Crippen MR) is 110 cm³/mol. The number of aromatic nitrogens is 1. The molecule has 1 aromatic rings. The third-order valence-corrected chi connectivity index (χ3v) is 6.59. The van der Waals surface area contributed by atoms with Gasteiger partial charge in [-0.05, 0) is 68.8 Å². The molecule has 0 radical (unpaired) electrons. The molecule has 0 aromatic carbocycles. The van der Waals surface area contributed by atoms with E-state index < -0.39 is 0 Å². The van der Waals surface area contributed by atoms with Crippen LogP contribution in [-0.2, 0) is 22.5 Å². The highest BCUT2D eigenvalue weighted by molar-refractivity contribution is 5.81. The van der Waals surface area contributed by atoms with Crippen LogP contribution >= 0.6 is 0 Å².